The molecular formula is C9H8N2O2S. The minimum Gasteiger partial charge on any atom is -0.260 e. The SMILES string of the molecule is Cc1ncc2c(c1C#N)S(=O)(=O)CC2. The van der Waals surface area contributed by atoms with Crippen LogP contribution in [-0.2, 0) is 16.3 Å². The van der Waals surface area contributed by atoms with E-state index in [0.29, 0.717) is 17.7 Å². The van der Waals surface area contributed by atoms with Crippen molar-refractivity contribution in [2.24, 2.45) is 0 Å². The highest BCUT2D eigenvalue weighted by molar-refractivity contribution is 7.91. The molecule has 0 radical (unpaired) electrons. The first-order valence-electron chi connectivity index (χ1n) is 4.17. The average molecular weight is 208 g/mol. The molecule has 2 heterocycles. The van der Waals surface area contributed by atoms with Gasteiger partial charge in [-0.15, -0.1) is 0 Å². The molecule has 4 nitrogen and oxygen atoms in total. The molecule has 5 heteroatoms. The van der Waals surface area contributed by atoms with Crippen LogP contribution >= 0.6 is 0 Å². The number of nitrogens with zero attached hydrogens (tertiary/aromatic N) is 2. The monoisotopic (exact) mass is 208 g/mol. The third kappa shape index (κ3) is 1.11. The van der Waals surface area contributed by atoms with E-state index in [2.05, 4.69) is 4.98 Å². The Kier molecular flexibility index (Phi) is 1.82. The lowest BCUT2D eigenvalue weighted by atomic mass is 10.1. The molecule has 2 rings (SSSR count). The number of nitriles is 1. The summed E-state index contributed by atoms with van der Waals surface area (Å²) >= 11 is 0. The number of fused-ring (bicyclic) bond motifs is 1. The van der Waals surface area contributed by atoms with Crippen LogP contribution in [0.15, 0.2) is 11.1 Å². The van der Waals surface area contributed by atoms with Crippen LogP contribution in [0, 0.1) is 18.3 Å². The lowest BCUT2D eigenvalue weighted by molar-refractivity contribution is 0.599. The number of hydrogen-bond donors (Lipinski definition) is 0. The molecule has 14 heavy (non-hydrogen) atoms. The molecule has 1 aliphatic rings. The lowest BCUT2D eigenvalue weighted by Gasteiger charge is -2.02. The van der Waals surface area contributed by atoms with Crippen molar-refractivity contribution >= 4 is 9.84 Å². The molecular weight excluding hydrogens is 200 g/mol. The Morgan fingerprint density at radius 3 is 2.93 bits per heavy atom. The number of rotatable bonds is 0. The summed E-state index contributed by atoms with van der Waals surface area (Å²) in [7, 11) is -3.23. The van der Waals surface area contributed by atoms with Crippen molar-refractivity contribution in [1.82, 2.24) is 4.98 Å². The summed E-state index contributed by atoms with van der Waals surface area (Å²) < 4.78 is 23.2. The van der Waals surface area contributed by atoms with Gasteiger partial charge in [0.25, 0.3) is 0 Å². The fraction of sp³-hybridized carbons (Fsp3) is 0.333. The van der Waals surface area contributed by atoms with Gasteiger partial charge in [0.15, 0.2) is 9.84 Å². The first kappa shape index (κ1) is 9.16. The zero-order valence-corrected chi connectivity index (χ0v) is 8.43. The first-order chi connectivity index (χ1) is 6.56. The van der Waals surface area contributed by atoms with Crippen LogP contribution in [0.2, 0.25) is 0 Å². The van der Waals surface area contributed by atoms with Gasteiger partial charge in [0, 0.05) is 6.20 Å². The molecule has 1 aromatic rings. The van der Waals surface area contributed by atoms with Gasteiger partial charge in [0.1, 0.15) is 6.07 Å². The molecule has 0 fully saturated rings. The summed E-state index contributed by atoms with van der Waals surface area (Å²) in [6, 6.07) is 1.91. The fourth-order valence-corrected chi connectivity index (χ4v) is 3.39. The van der Waals surface area contributed by atoms with Crippen molar-refractivity contribution < 1.29 is 8.42 Å². The number of hydrogen-bond acceptors (Lipinski definition) is 4. The van der Waals surface area contributed by atoms with Crippen LogP contribution in [0.4, 0.5) is 0 Å². The van der Waals surface area contributed by atoms with Crippen LogP contribution in [0.3, 0.4) is 0 Å². The van der Waals surface area contributed by atoms with Crippen molar-refractivity contribution in [3.63, 3.8) is 0 Å². The molecule has 0 unspecified atom stereocenters. The second-order valence-corrected chi connectivity index (χ2v) is 5.30. The minimum atomic E-state index is -3.23. The highest BCUT2D eigenvalue weighted by Gasteiger charge is 2.30. The summed E-state index contributed by atoms with van der Waals surface area (Å²) in [4.78, 5) is 4.20. The third-order valence-corrected chi connectivity index (χ3v) is 4.19. The van der Waals surface area contributed by atoms with E-state index in [1.807, 2.05) is 6.07 Å². The van der Waals surface area contributed by atoms with Crippen LogP contribution < -0.4 is 0 Å². The molecule has 0 bridgehead atoms. The van der Waals surface area contributed by atoms with E-state index in [0.717, 1.165) is 0 Å². The van der Waals surface area contributed by atoms with E-state index in [4.69, 9.17) is 5.26 Å². The molecule has 0 spiro atoms. The Bertz CT molecular complexity index is 541. The summed E-state index contributed by atoms with van der Waals surface area (Å²) in [6.07, 6.45) is 2.02. The predicted molar refractivity (Wildman–Crippen MR) is 49.4 cm³/mol. The highest BCUT2D eigenvalue weighted by Crippen LogP contribution is 2.29. The summed E-state index contributed by atoms with van der Waals surface area (Å²) in [5.74, 6) is 0.0994. The molecule has 0 aromatic carbocycles. The second kappa shape index (κ2) is 2.79. The van der Waals surface area contributed by atoms with Gasteiger partial charge in [-0.2, -0.15) is 5.26 Å². The van der Waals surface area contributed by atoms with Crippen LogP contribution in [0.1, 0.15) is 16.8 Å². The number of aromatic nitrogens is 1. The van der Waals surface area contributed by atoms with Gasteiger partial charge in [-0.25, -0.2) is 8.42 Å². The van der Waals surface area contributed by atoms with E-state index < -0.39 is 9.84 Å². The molecule has 72 valence electrons. The molecule has 1 aliphatic heterocycles. The van der Waals surface area contributed by atoms with Crippen LogP contribution in [0.5, 0.6) is 0 Å². The Morgan fingerprint density at radius 1 is 1.57 bits per heavy atom. The lowest BCUT2D eigenvalue weighted by Crippen LogP contribution is -2.03. The maximum atomic E-state index is 11.6. The summed E-state index contributed by atoms with van der Waals surface area (Å²) in [5, 5.41) is 8.86. The Morgan fingerprint density at radius 2 is 2.29 bits per heavy atom. The Labute approximate surface area is 82.1 Å². The zero-order chi connectivity index (χ0) is 10.3. The highest BCUT2D eigenvalue weighted by atomic mass is 32.2. The number of aryl methyl sites for hydroxylation is 2. The standard InChI is InChI=1S/C9H8N2O2S/c1-6-8(4-10)9-7(5-11-6)2-3-14(9,12)13/h5H,2-3H2,1H3. The van der Waals surface area contributed by atoms with Gasteiger partial charge in [0.05, 0.1) is 21.9 Å². The van der Waals surface area contributed by atoms with E-state index in [-0.39, 0.29) is 16.2 Å². The molecule has 1 aromatic heterocycles. The molecule has 0 amide bonds. The van der Waals surface area contributed by atoms with Crippen molar-refractivity contribution in [2.75, 3.05) is 5.75 Å². The van der Waals surface area contributed by atoms with Gasteiger partial charge in [-0.1, -0.05) is 0 Å². The maximum absolute atomic E-state index is 11.6. The van der Waals surface area contributed by atoms with Gasteiger partial charge in [0.2, 0.25) is 0 Å². The molecule has 0 aliphatic carbocycles. The quantitative estimate of drug-likeness (QED) is 0.625. The fourth-order valence-electron chi connectivity index (χ4n) is 1.63. The molecule has 0 atom stereocenters. The van der Waals surface area contributed by atoms with E-state index in [1.54, 1.807) is 13.1 Å². The van der Waals surface area contributed by atoms with E-state index in [9.17, 15) is 8.42 Å². The summed E-state index contributed by atoms with van der Waals surface area (Å²) in [5.41, 5.74) is 1.36. The van der Waals surface area contributed by atoms with Gasteiger partial charge < -0.3 is 0 Å². The van der Waals surface area contributed by atoms with Crippen LogP contribution in [-0.4, -0.2) is 19.2 Å². The normalized spacial score (nSPS) is 17.4. The second-order valence-electron chi connectivity index (χ2n) is 3.25. The first-order valence-corrected chi connectivity index (χ1v) is 5.83. The number of pyridine rings is 1. The van der Waals surface area contributed by atoms with E-state index in [1.165, 1.54) is 0 Å². The smallest absolute Gasteiger partial charge is 0.180 e. The Hall–Kier alpha value is -1.41. The average Bonchev–Trinajstić information content (AvgIpc) is 2.43. The summed E-state index contributed by atoms with van der Waals surface area (Å²) in [6.45, 7) is 1.65. The minimum absolute atomic E-state index is 0.0994. The molecule has 0 saturated heterocycles. The van der Waals surface area contributed by atoms with Crippen LogP contribution in [0.25, 0.3) is 0 Å². The van der Waals surface area contributed by atoms with Crippen molar-refractivity contribution in [2.45, 2.75) is 18.2 Å². The van der Waals surface area contributed by atoms with E-state index >= 15 is 0 Å². The third-order valence-electron chi connectivity index (χ3n) is 2.36. The van der Waals surface area contributed by atoms with Crippen molar-refractivity contribution in [3.05, 3.63) is 23.0 Å². The van der Waals surface area contributed by atoms with Gasteiger partial charge in [-0.05, 0) is 18.9 Å². The topological polar surface area (TPSA) is 70.8 Å². The molecule has 0 N–H and O–H groups in total. The zero-order valence-electron chi connectivity index (χ0n) is 7.61. The van der Waals surface area contributed by atoms with Crippen molar-refractivity contribution in [3.8, 4) is 6.07 Å². The van der Waals surface area contributed by atoms with Gasteiger partial charge in [-0.3, -0.25) is 4.98 Å². The molecule has 0 saturated carbocycles. The predicted octanol–water partition coefficient (Wildman–Crippen LogP) is 0.592. The number of sulfone groups is 1. The maximum Gasteiger partial charge on any atom is 0.180 e. The Balaban J connectivity index is 2.88. The van der Waals surface area contributed by atoms with Crippen molar-refractivity contribution in [1.29, 1.82) is 5.26 Å². The van der Waals surface area contributed by atoms with Gasteiger partial charge >= 0.3 is 0 Å². The largest absolute Gasteiger partial charge is 0.260 e.